The molecule has 0 bridgehead atoms. The van der Waals surface area contributed by atoms with Crippen LogP contribution in [-0.4, -0.2) is 25.5 Å². The first-order valence-electron chi connectivity index (χ1n) is 5.05. The number of hydrogen-bond acceptors (Lipinski definition) is 5. The summed E-state index contributed by atoms with van der Waals surface area (Å²) >= 11 is 1.71. The van der Waals surface area contributed by atoms with Crippen LogP contribution in [0, 0.1) is 0 Å². The maximum absolute atomic E-state index is 6.00. The fourth-order valence-corrected chi connectivity index (χ4v) is 2.04. The van der Waals surface area contributed by atoms with Gasteiger partial charge in [-0.25, -0.2) is 9.97 Å². The van der Waals surface area contributed by atoms with Crippen LogP contribution < -0.4 is 5.73 Å². The molecule has 0 aliphatic heterocycles. The van der Waals surface area contributed by atoms with Crippen LogP contribution in [0.1, 0.15) is 13.3 Å². The highest BCUT2D eigenvalue weighted by molar-refractivity contribution is 7.99. The largest absolute Gasteiger partial charge is 0.383 e. The SMILES string of the molecule is CCCSc1cnn(-c2ccncn2)c1N. The Hall–Kier alpha value is -1.56. The summed E-state index contributed by atoms with van der Waals surface area (Å²) in [4.78, 5) is 8.96. The number of nitrogens with zero attached hydrogens (tertiary/aromatic N) is 4. The molecule has 5 nitrogen and oxygen atoms in total. The van der Waals surface area contributed by atoms with Crippen molar-refractivity contribution >= 4 is 17.6 Å². The van der Waals surface area contributed by atoms with Crippen molar-refractivity contribution in [3.05, 3.63) is 24.8 Å². The maximum Gasteiger partial charge on any atom is 0.159 e. The molecule has 2 N–H and O–H groups in total. The highest BCUT2D eigenvalue weighted by Crippen LogP contribution is 2.26. The smallest absolute Gasteiger partial charge is 0.159 e. The van der Waals surface area contributed by atoms with E-state index < -0.39 is 0 Å². The summed E-state index contributed by atoms with van der Waals surface area (Å²) < 4.78 is 1.62. The van der Waals surface area contributed by atoms with Crippen molar-refractivity contribution in [2.75, 3.05) is 11.5 Å². The van der Waals surface area contributed by atoms with E-state index in [0.29, 0.717) is 11.6 Å². The second kappa shape index (κ2) is 4.98. The van der Waals surface area contributed by atoms with E-state index in [1.807, 2.05) is 0 Å². The van der Waals surface area contributed by atoms with Crippen LogP contribution >= 0.6 is 11.8 Å². The molecule has 0 fully saturated rings. The molecular formula is C10H13N5S. The fraction of sp³-hybridized carbons (Fsp3) is 0.300. The van der Waals surface area contributed by atoms with Gasteiger partial charge in [0, 0.05) is 12.3 Å². The number of aromatic nitrogens is 4. The Morgan fingerprint density at radius 3 is 3.06 bits per heavy atom. The third-order valence-electron chi connectivity index (χ3n) is 2.02. The molecule has 2 aromatic heterocycles. The third kappa shape index (κ3) is 2.16. The molecule has 2 rings (SSSR count). The van der Waals surface area contributed by atoms with Crippen molar-refractivity contribution < 1.29 is 0 Å². The van der Waals surface area contributed by atoms with E-state index in [9.17, 15) is 0 Å². The van der Waals surface area contributed by atoms with Crippen molar-refractivity contribution in [3.8, 4) is 5.82 Å². The van der Waals surface area contributed by atoms with Crippen molar-refractivity contribution in [1.82, 2.24) is 19.7 Å². The number of nitrogens with two attached hydrogens (primary N) is 1. The molecular weight excluding hydrogens is 222 g/mol. The Kier molecular flexibility index (Phi) is 3.40. The Morgan fingerprint density at radius 2 is 2.38 bits per heavy atom. The molecule has 0 aliphatic carbocycles. The van der Waals surface area contributed by atoms with Crippen LogP contribution in [0.5, 0.6) is 0 Å². The summed E-state index contributed by atoms with van der Waals surface area (Å²) in [5.74, 6) is 2.37. The standard InChI is InChI=1S/C10H13N5S/c1-2-5-16-8-6-14-15(10(8)11)9-3-4-12-7-13-9/h3-4,6-7H,2,5,11H2,1H3. The molecule has 84 valence electrons. The lowest BCUT2D eigenvalue weighted by Crippen LogP contribution is -2.04. The topological polar surface area (TPSA) is 69.6 Å². The number of rotatable bonds is 4. The minimum atomic E-state index is 0.636. The Labute approximate surface area is 98.1 Å². The fourth-order valence-electron chi connectivity index (χ4n) is 1.26. The van der Waals surface area contributed by atoms with Crippen LogP contribution in [0.4, 0.5) is 5.82 Å². The Morgan fingerprint density at radius 1 is 1.50 bits per heavy atom. The lowest BCUT2D eigenvalue weighted by atomic mass is 10.5. The molecule has 0 amide bonds. The maximum atomic E-state index is 6.00. The average Bonchev–Trinajstić information content (AvgIpc) is 2.69. The van der Waals surface area contributed by atoms with Gasteiger partial charge in [-0.1, -0.05) is 6.92 Å². The van der Waals surface area contributed by atoms with Gasteiger partial charge in [0.25, 0.3) is 0 Å². The minimum absolute atomic E-state index is 0.636. The van der Waals surface area contributed by atoms with E-state index in [4.69, 9.17) is 5.73 Å². The van der Waals surface area contributed by atoms with Gasteiger partial charge in [0.05, 0.1) is 11.1 Å². The van der Waals surface area contributed by atoms with E-state index >= 15 is 0 Å². The number of thioether (sulfide) groups is 1. The third-order valence-corrected chi connectivity index (χ3v) is 3.25. The minimum Gasteiger partial charge on any atom is -0.383 e. The van der Waals surface area contributed by atoms with E-state index in [0.717, 1.165) is 17.1 Å². The van der Waals surface area contributed by atoms with Crippen molar-refractivity contribution in [1.29, 1.82) is 0 Å². The lowest BCUT2D eigenvalue weighted by molar-refractivity contribution is 0.849. The monoisotopic (exact) mass is 235 g/mol. The second-order valence-electron chi connectivity index (χ2n) is 3.22. The number of nitrogen functional groups attached to an aromatic ring is 1. The average molecular weight is 235 g/mol. The van der Waals surface area contributed by atoms with E-state index in [-0.39, 0.29) is 0 Å². The van der Waals surface area contributed by atoms with Gasteiger partial charge in [-0.3, -0.25) is 0 Å². The van der Waals surface area contributed by atoms with Gasteiger partial charge >= 0.3 is 0 Å². The van der Waals surface area contributed by atoms with Crippen LogP contribution in [0.2, 0.25) is 0 Å². The highest BCUT2D eigenvalue weighted by Gasteiger charge is 2.09. The summed E-state index contributed by atoms with van der Waals surface area (Å²) in [6, 6.07) is 1.78. The Bertz CT molecular complexity index is 453. The summed E-state index contributed by atoms with van der Waals surface area (Å²) in [5, 5.41) is 4.22. The molecule has 16 heavy (non-hydrogen) atoms. The van der Waals surface area contributed by atoms with Gasteiger partial charge in [0.2, 0.25) is 0 Å². The van der Waals surface area contributed by atoms with Crippen LogP contribution in [0.25, 0.3) is 5.82 Å². The number of hydrogen-bond donors (Lipinski definition) is 1. The van der Waals surface area contributed by atoms with Crippen LogP contribution in [-0.2, 0) is 0 Å². The van der Waals surface area contributed by atoms with Crippen molar-refractivity contribution in [2.45, 2.75) is 18.2 Å². The zero-order valence-corrected chi connectivity index (χ0v) is 9.81. The van der Waals surface area contributed by atoms with Crippen molar-refractivity contribution in [3.63, 3.8) is 0 Å². The molecule has 0 saturated heterocycles. The molecule has 0 unspecified atom stereocenters. The summed E-state index contributed by atoms with van der Waals surface area (Å²) in [6.45, 7) is 2.14. The van der Waals surface area contributed by atoms with E-state index in [1.54, 1.807) is 34.9 Å². The molecule has 0 aliphatic rings. The predicted octanol–water partition coefficient (Wildman–Crippen LogP) is 1.75. The highest BCUT2D eigenvalue weighted by atomic mass is 32.2. The normalized spacial score (nSPS) is 10.6. The van der Waals surface area contributed by atoms with E-state index in [1.165, 1.54) is 6.33 Å². The molecule has 0 radical (unpaired) electrons. The molecule has 2 heterocycles. The zero-order valence-electron chi connectivity index (χ0n) is 9.00. The zero-order chi connectivity index (χ0) is 11.4. The first kappa shape index (κ1) is 10.9. The van der Waals surface area contributed by atoms with Gasteiger partial charge < -0.3 is 5.73 Å². The van der Waals surface area contributed by atoms with Gasteiger partial charge in [-0.15, -0.1) is 11.8 Å². The lowest BCUT2D eigenvalue weighted by Gasteiger charge is -2.02. The first-order valence-corrected chi connectivity index (χ1v) is 6.04. The molecule has 6 heteroatoms. The summed E-state index contributed by atoms with van der Waals surface area (Å²) in [5.41, 5.74) is 6.00. The van der Waals surface area contributed by atoms with Gasteiger partial charge in [-0.2, -0.15) is 9.78 Å². The predicted molar refractivity (Wildman–Crippen MR) is 64.6 cm³/mol. The first-order chi connectivity index (χ1) is 7.83. The quantitative estimate of drug-likeness (QED) is 0.817. The Balaban J connectivity index is 2.27. The van der Waals surface area contributed by atoms with Crippen molar-refractivity contribution in [2.24, 2.45) is 0 Å². The van der Waals surface area contributed by atoms with Gasteiger partial charge in [0.15, 0.2) is 5.82 Å². The van der Waals surface area contributed by atoms with Gasteiger partial charge in [-0.05, 0) is 12.2 Å². The van der Waals surface area contributed by atoms with Crippen LogP contribution in [0.15, 0.2) is 29.7 Å². The molecule has 0 spiro atoms. The summed E-state index contributed by atoms with van der Waals surface area (Å²) in [6.07, 6.45) is 6.04. The number of anilines is 1. The summed E-state index contributed by atoms with van der Waals surface area (Å²) in [7, 11) is 0. The second-order valence-corrected chi connectivity index (χ2v) is 4.36. The van der Waals surface area contributed by atoms with E-state index in [2.05, 4.69) is 22.0 Å². The molecule has 0 saturated carbocycles. The van der Waals surface area contributed by atoms with Crippen LogP contribution in [0.3, 0.4) is 0 Å². The molecule has 0 atom stereocenters. The molecule has 2 aromatic rings. The van der Waals surface area contributed by atoms with Gasteiger partial charge in [0.1, 0.15) is 12.1 Å². The molecule has 0 aromatic carbocycles.